The average molecular weight is 328 g/mol. The molecule has 1 heterocycles. The molecule has 0 aliphatic rings. The molecular weight excluding hydrogens is 313 g/mol. The quantitative estimate of drug-likeness (QED) is 0.839. The van der Waals surface area contributed by atoms with Crippen molar-refractivity contribution in [2.24, 2.45) is 0 Å². The van der Waals surface area contributed by atoms with Crippen LogP contribution in [0.3, 0.4) is 0 Å². The molecule has 124 valence electrons. The lowest BCUT2D eigenvalue weighted by Crippen LogP contribution is -2.27. The zero-order chi connectivity index (χ0) is 16.7. The van der Waals surface area contributed by atoms with Crippen molar-refractivity contribution in [3.63, 3.8) is 0 Å². The number of ether oxygens (including phenoxy) is 1. The molecule has 0 bridgehead atoms. The standard InChI is InChI=1S/C14H15F3N4O2/c15-14(16,17)8-23-7-12-3-1-11(2-4-12)5-19-13(22)6-21-10-18-9-20-21/h1-4,9-10H,5-8H2,(H,19,22). The van der Waals surface area contributed by atoms with Gasteiger partial charge in [-0.1, -0.05) is 24.3 Å². The van der Waals surface area contributed by atoms with Crippen molar-refractivity contribution in [2.75, 3.05) is 6.61 Å². The lowest BCUT2D eigenvalue weighted by atomic mass is 10.1. The number of carbonyl (C=O) groups excluding carboxylic acids is 1. The topological polar surface area (TPSA) is 69.0 Å². The van der Waals surface area contributed by atoms with Gasteiger partial charge in [0.05, 0.1) is 6.61 Å². The van der Waals surface area contributed by atoms with Crippen molar-refractivity contribution in [1.82, 2.24) is 20.1 Å². The van der Waals surface area contributed by atoms with Gasteiger partial charge >= 0.3 is 6.18 Å². The highest BCUT2D eigenvalue weighted by atomic mass is 19.4. The number of aromatic nitrogens is 3. The van der Waals surface area contributed by atoms with Crippen LogP contribution in [0.2, 0.25) is 0 Å². The van der Waals surface area contributed by atoms with E-state index in [4.69, 9.17) is 0 Å². The first-order valence-electron chi connectivity index (χ1n) is 6.74. The Kier molecular flexibility index (Phi) is 5.69. The van der Waals surface area contributed by atoms with Gasteiger partial charge in [-0.05, 0) is 11.1 Å². The Hall–Kier alpha value is -2.42. The third kappa shape index (κ3) is 6.47. The van der Waals surface area contributed by atoms with Crippen molar-refractivity contribution >= 4 is 5.91 Å². The summed E-state index contributed by atoms with van der Waals surface area (Å²) in [4.78, 5) is 15.4. The van der Waals surface area contributed by atoms with Gasteiger partial charge in [0.2, 0.25) is 5.91 Å². The van der Waals surface area contributed by atoms with Crippen LogP contribution in [0.15, 0.2) is 36.9 Å². The number of amides is 1. The minimum atomic E-state index is -4.33. The molecule has 1 amide bonds. The van der Waals surface area contributed by atoms with E-state index < -0.39 is 12.8 Å². The molecule has 1 aromatic carbocycles. The van der Waals surface area contributed by atoms with E-state index in [0.717, 1.165) is 5.56 Å². The number of benzene rings is 1. The molecule has 0 fully saturated rings. The summed E-state index contributed by atoms with van der Waals surface area (Å²) in [6.45, 7) is -0.994. The van der Waals surface area contributed by atoms with Gasteiger partial charge in [-0.15, -0.1) is 0 Å². The van der Waals surface area contributed by atoms with Crippen LogP contribution in [-0.2, 0) is 29.2 Å². The predicted molar refractivity (Wildman–Crippen MR) is 74.0 cm³/mol. The predicted octanol–water partition coefficient (Wildman–Crippen LogP) is 1.67. The normalized spacial score (nSPS) is 11.4. The van der Waals surface area contributed by atoms with E-state index in [2.05, 4.69) is 20.1 Å². The van der Waals surface area contributed by atoms with Crippen LogP contribution < -0.4 is 5.32 Å². The Bertz CT molecular complexity index is 612. The average Bonchev–Trinajstić information content (AvgIpc) is 2.98. The highest BCUT2D eigenvalue weighted by Gasteiger charge is 2.27. The molecular formula is C14H15F3N4O2. The van der Waals surface area contributed by atoms with Crippen molar-refractivity contribution in [1.29, 1.82) is 0 Å². The smallest absolute Gasteiger partial charge is 0.367 e. The number of rotatable bonds is 7. The zero-order valence-corrected chi connectivity index (χ0v) is 12.1. The van der Waals surface area contributed by atoms with E-state index in [9.17, 15) is 18.0 Å². The molecule has 0 aliphatic carbocycles. The molecule has 0 radical (unpaired) electrons. The molecule has 0 unspecified atom stereocenters. The van der Waals surface area contributed by atoms with Crippen LogP contribution >= 0.6 is 0 Å². The summed E-state index contributed by atoms with van der Waals surface area (Å²) in [5, 5.41) is 6.53. The van der Waals surface area contributed by atoms with Crippen LogP contribution in [0.5, 0.6) is 0 Å². The number of hydrogen-bond acceptors (Lipinski definition) is 4. The van der Waals surface area contributed by atoms with E-state index >= 15 is 0 Å². The summed E-state index contributed by atoms with van der Waals surface area (Å²) in [5.74, 6) is -0.215. The molecule has 0 saturated heterocycles. The van der Waals surface area contributed by atoms with Gasteiger partial charge < -0.3 is 10.1 Å². The fourth-order valence-corrected chi connectivity index (χ4v) is 1.76. The number of nitrogens with one attached hydrogen (secondary N) is 1. The highest BCUT2D eigenvalue weighted by molar-refractivity contribution is 5.75. The first-order chi connectivity index (χ1) is 10.9. The summed E-state index contributed by atoms with van der Waals surface area (Å²) in [6, 6.07) is 6.77. The van der Waals surface area contributed by atoms with Gasteiger partial charge in [0.1, 0.15) is 25.8 Å². The van der Waals surface area contributed by atoms with Crippen molar-refractivity contribution in [2.45, 2.75) is 25.9 Å². The molecule has 2 aromatic rings. The molecule has 0 spiro atoms. The Morgan fingerprint density at radius 2 is 1.91 bits per heavy atom. The van der Waals surface area contributed by atoms with E-state index in [0.29, 0.717) is 12.1 Å². The SMILES string of the molecule is O=C(Cn1cncn1)NCc1ccc(COCC(F)(F)F)cc1. The van der Waals surface area contributed by atoms with Crippen molar-refractivity contribution in [3.05, 3.63) is 48.0 Å². The zero-order valence-electron chi connectivity index (χ0n) is 12.1. The molecule has 9 heteroatoms. The minimum Gasteiger partial charge on any atom is -0.367 e. The lowest BCUT2D eigenvalue weighted by Gasteiger charge is -2.09. The van der Waals surface area contributed by atoms with E-state index in [1.807, 2.05) is 0 Å². The maximum absolute atomic E-state index is 12.0. The minimum absolute atomic E-state index is 0.0728. The number of hydrogen-bond donors (Lipinski definition) is 1. The Labute approximate surface area is 130 Å². The van der Waals surface area contributed by atoms with Crippen molar-refractivity contribution < 1.29 is 22.7 Å². The third-order valence-electron chi connectivity index (χ3n) is 2.82. The van der Waals surface area contributed by atoms with Crippen LogP contribution in [0.25, 0.3) is 0 Å². The summed E-state index contributed by atoms with van der Waals surface area (Å²) in [7, 11) is 0. The van der Waals surface area contributed by atoms with Crippen LogP contribution in [0.4, 0.5) is 13.2 Å². The van der Waals surface area contributed by atoms with Crippen molar-refractivity contribution in [3.8, 4) is 0 Å². The number of carbonyl (C=O) groups is 1. The van der Waals surface area contributed by atoms with E-state index in [-0.39, 0.29) is 19.1 Å². The van der Waals surface area contributed by atoms with E-state index in [1.54, 1.807) is 24.3 Å². The molecule has 1 aromatic heterocycles. The summed E-state index contributed by atoms with van der Waals surface area (Å²) >= 11 is 0. The maximum atomic E-state index is 12.0. The Morgan fingerprint density at radius 1 is 1.22 bits per heavy atom. The third-order valence-corrected chi connectivity index (χ3v) is 2.82. The Morgan fingerprint density at radius 3 is 2.52 bits per heavy atom. The summed E-state index contributed by atoms with van der Waals surface area (Å²) < 4.78 is 41.8. The summed E-state index contributed by atoms with van der Waals surface area (Å²) in [6.07, 6.45) is -1.55. The highest BCUT2D eigenvalue weighted by Crippen LogP contribution is 2.15. The fraction of sp³-hybridized carbons (Fsp3) is 0.357. The second-order valence-electron chi connectivity index (χ2n) is 4.79. The van der Waals surface area contributed by atoms with Gasteiger partial charge in [-0.2, -0.15) is 18.3 Å². The summed E-state index contributed by atoms with van der Waals surface area (Å²) in [5.41, 5.74) is 1.46. The molecule has 23 heavy (non-hydrogen) atoms. The largest absolute Gasteiger partial charge is 0.411 e. The Balaban J connectivity index is 1.73. The number of nitrogens with zero attached hydrogens (tertiary/aromatic N) is 3. The van der Waals surface area contributed by atoms with Gasteiger partial charge in [0.15, 0.2) is 0 Å². The molecule has 6 nitrogen and oxygen atoms in total. The van der Waals surface area contributed by atoms with Gasteiger partial charge in [0.25, 0.3) is 0 Å². The first kappa shape index (κ1) is 16.9. The molecule has 0 atom stereocenters. The van der Waals surface area contributed by atoms with Gasteiger partial charge in [0, 0.05) is 6.54 Å². The maximum Gasteiger partial charge on any atom is 0.411 e. The molecule has 2 rings (SSSR count). The first-order valence-corrected chi connectivity index (χ1v) is 6.74. The molecule has 0 aliphatic heterocycles. The number of halogens is 3. The monoisotopic (exact) mass is 328 g/mol. The van der Waals surface area contributed by atoms with Gasteiger partial charge in [-0.25, -0.2) is 9.67 Å². The van der Waals surface area contributed by atoms with Crippen LogP contribution in [-0.4, -0.2) is 33.5 Å². The van der Waals surface area contributed by atoms with Gasteiger partial charge in [-0.3, -0.25) is 4.79 Å². The second-order valence-corrected chi connectivity index (χ2v) is 4.79. The second kappa shape index (κ2) is 7.73. The molecule has 0 saturated carbocycles. The number of alkyl halides is 3. The lowest BCUT2D eigenvalue weighted by molar-refractivity contribution is -0.176. The van der Waals surface area contributed by atoms with Crippen LogP contribution in [0.1, 0.15) is 11.1 Å². The van der Waals surface area contributed by atoms with E-state index in [1.165, 1.54) is 17.3 Å². The molecule has 1 N–H and O–H groups in total. The fourth-order valence-electron chi connectivity index (χ4n) is 1.76. The van der Waals surface area contributed by atoms with Crippen LogP contribution in [0, 0.1) is 0 Å².